The number of hydrogen-bond acceptors (Lipinski definition) is 4. The minimum Gasteiger partial charge on any atom is -0.383 e. The Morgan fingerprint density at radius 3 is 2.64 bits per heavy atom. The average Bonchev–Trinajstić information content (AvgIpc) is 2.98. The second-order valence-electron chi connectivity index (χ2n) is 5.98. The molecule has 1 aliphatic heterocycles. The van der Waals surface area contributed by atoms with E-state index in [0.717, 1.165) is 36.7 Å². The second kappa shape index (κ2) is 7.90. The zero-order valence-corrected chi connectivity index (χ0v) is 14.7. The van der Waals surface area contributed by atoms with Gasteiger partial charge in [-0.3, -0.25) is 9.69 Å². The third kappa shape index (κ3) is 4.18. The van der Waals surface area contributed by atoms with Gasteiger partial charge in [0.1, 0.15) is 0 Å². The van der Waals surface area contributed by atoms with Gasteiger partial charge in [0.25, 0.3) is 0 Å². The van der Waals surface area contributed by atoms with E-state index in [0.29, 0.717) is 12.1 Å². The highest BCUT2D eigenvalue weighted by Gasteiger charge is 2.31. The summed E-state index contributed by atoms with van der Waals surface area (Å²) in [5.74, 6) is 0.151. The molecular weight excluding hydrogens is 296 g/mol. The molecule has 0 aromatic carbocycles. The lowest BCUT2D eigenvalue weighted by Gasteiger charge is -2.44. The summed E-state index contributed by atoms with van der Waals surface area (Å²) in [5, 5.41) is 2.03. The number of methoxy groups -OCH3 is 1. The van der Waals surface area contributed by atoms with Gasteiger partial charge in [-0.05, 0) is 38.3 Å². The van der Waals surface area contributed by atoms with Crippen LogP contribution in [0.1, 0.15) is 25.6 Å². The predicted octanol–water partition coefficient (Wildman–Crippen LogP) is 2.72. The van der Waals surface area contributed by atoms with Crippen molar-refractivity contribution in [2.75, 3.05) is 33.4 Å². The molecule has 4 nitrogen and oxygen atoms in total. The Labute approximate surface area is 137 Å². The van der Waals surface area contributed by atoms with Crippen LogP contribution < -0.4 is 0 Å². The minimum absolute atomic E-state index is 0.151. The highest BCUT2D eigenvalue weighted by Crippen LogP contribution is 2.19. The van der Waals surface area contributed by atoms with Crippen molar-refractivity contribution < 1.29 is 9.53 Å². The van der Waals surface area contributed by atoms with Crippen molar-refractivity contribution in [1.29, 1.82) is 0 Å². The van der Waals surface area contributed by atoms with Crippen molar-refractivity contribution in [3.05, 3.63) is 28.0 Å². The van der Waals surface area contributed by atoms with E-state index in [1.54, 1.807) is 18.4 Å². The molecule has 22 heavy (non-hydrogen) atoms. The third-order valence-corrected chi connectivity index (χ3v) is 5.00. The maximum Gasteiger partial charge on any atom is 0.249 e. The lowest BCUT2D eigenvalue weighted by Crippen LogP contribution is -2.58. The minimum atomic E-state index is 0.151. The van der Waals surface area contributed by atoms with Gasteiger partial charge < -0.3 is 9.64 Å². The number of carbonyl (C=O) groups excluding carboxylic acids is 1. The molecule has 0 radical (unpaired) electrons. The van der Waals surface area contributed by atoms with Crippen LogP contribution in [0, 0.1) is 0 Å². The summed E-state index contributed by atoms with van der Waals surface area (Å²) in [6.45, 7) is 9.50. The average molecular weight is 322 g/mol. The van der Waals surface area contributed by atoms with Gasteiger partial charge >= 0.3 is 0 Å². The number of thiophene rings is 1. The fraction of sp³-hybridized carbons (Fsp3) is 0.588. The molecule has 1 aromatic rings. The fourth-order valence-electron chi connectivity index (χ4n) is 3.06. The number of nitrogens with zero attached hydrogens (tertiary/aromatic N) is 2. The predicted molar refractivity (Wildman–Crippen MR) is 92.1 cm³/mol. The molecule has 0 saturated carbocycles. The molecule has 2 heterocycles. The lowest BCUT2D eigenvalue weighted by atomic mass is 10.1. The molecule has 0 spiro atoms. The summed E-state index contributed by atoms with van der Waals surface area (Å²) in [6.07, 6.45) is 1.99. The van der Waals surface area contributed by atoms with Gasteiger partial charge in [0.05, 0.1) is 6.61 Å². The maximum atomic E-state index is 12.7. The molecule has 1 aliphatic rings. The van der Waals surface area contributed by atoms with Crippen molar-refractivity contribution in [3.63, 3.8) is 0 Å². The van der Waals surface area contributed by atoms with Crippen LogP contribution in [-0.4, -0.2) is 61.1 Å². The van der Waals surface area contributed by atoms with Crippen LogP contribution in [0.4, 0.5) is 0 Å². The van der Waals surface area contributed by atoms with E-state index in [1.165, 1.54) is 0 Å². The van der Waals surface area contributed by atoms with Gasteiger partial charge in [0.15, 0.2) is 0 Å². The van der Waals surface area contributed by atoms with E-state index in [2.05, 4.69) is 18.7 Å². The van der Waals surface area contributed by atoms with Crippen molar-refractivity contribution in [2.45, 2.75) is 32.9 Å². The first-order valence-electron chi connectivity index (χ1n) is 7.78. The topological polar surface area (TPSA) is 32.8 Å². The Morgan fingerprint density at radius 2 is 2.09 bits per heavy atom. The zero-order chi connectivity index (χ0) is 16.1. The molecule has 1 saturated heterocycles. The highest BCUT2D eigenvalue weighted by molar-refractivity contribution is 7.10. The van der Waals surface area contributed by atoms with Crippen LogP contribution in [0.15, 0.2) is 23.1 Å². The van der Waals surface area contributed by atoms with E-state index in [9.17, 15) is 4.79 Å². The van der Waals surface area contributed by atoms with Crippen LogP contribution in [0.2, 0.25) is 0 Å². The molecule has 1 fully saturated rings. The highest BCUT2D eigenvalue weighted by atomic mass is 32.1. The van der Waals surface area contributed by atoms with Crippen molar-refractivity contribution >= 4 is 23.3 Å². The Morgan fingerprint density at radius 1 is 1.41 bits per heavy atom. The molecule has 5 heteroatoms. The SMILES string of the molecule is COCCN1C(C)CN(C(=O)/C(C)=C/c2cccs2)CC1C. The number of carbonyl (C=O) groups is 1. The summed E-state index contributed by atoms with van der Waals surface area (Å²) in [5.41, 5.74) is 0.812. The second-order valence-corrected chi connectivity index (χ2v) is 6.96. The van der Waals surface area contributed by atoms with E-state index in [-0.39, 0.29) is 5.91 Å². The van der Waals surface area contributed by atoms with Crippen molar-refractivity contribution in [2.24, 2.45) is 0 Å². The molecule has 122 valence electrons. The first-order valence-corrected chi connectivity index (χ1v) is 8.66. The number of rotatable bonds is 5. The monoisotopic (exact) mass is 322 g/mol. The molecule has 1 amide bonds. The summed E-state index contributed by atoms with van der Waals surface area (Å²) >= 11 is 1.66. The Hall–Kier alpha value is -1.17. The molecular formula is C17H26N2O2S. The molecule has 2 unspecified atom stereocenters. The van der Waals surface area contributed by atoms with Crippen LogP contribution in [0.3, 0.4) is 0 Å². The summed E-state index contributed by atoms with van der Waals surface area (Å²) in [6, 6.07) is 4.76. The Bertz CT molecular complexity index is 501. The molecule has 0 N–H and O–H groups in total. The molecule has 0 aliphatic carbocycles. The number of hydrogen-bond donors (Lipinski definition) is 0. The molecule has 2 atom stereocenters. The van der Waals surface area contributed by atoms with Gasteiger partial charge in [-0.1, -0.05) is 6.07 Å². The smallest absolute Gasteiger partial charge is 0.249 e. The summed E-state index contributed by atoms with van der Waals surface area (Å²) in [4.78, 5) is 18.2. The molecule has 2 rings (SSSR count). The van der Waals surface area contributed by atoms with Gasteiger partial charge in [-0.15, -0.1) is 11.3 Å². The Kier molecular flexibility index (Phi) is 6.17. The van der Waals surface area contributed by atoms with Gasteiger partial charge in [0.2, 0.25) is 5.91 Å². The molecule has 1 aromatic heterocycles. The summed E-state index contributed by atoms with van der Waals surface area (Å²) < 4.78 is 5.18. The molecule has 0 bridgehead atoms. The largest absolute Gasteiger partial charge is 0.383 e. The van der Waals surface area contributed by atoms with Crippen molar-refractivity contribution in [3.8, 4) is 0 Å². The third-order valence-electron chi connectivity index (χ3n) is 4.18. The standard InChI is InChI=1S/C17H26N2O2S/c1-13(10-16-6-5-9-22-16)17(20)18-11-14(2)19(7-8-21-4)15(3)12-18/h5-6,9-10,14-15H,7-8,11-12H2,1-4H3/b13-10+. The lowest BCUT2D eigenvalue weighted by molar-refractivity contribution is -0.131. The normalized spacial score (nSPS) is 23.8. The number of amides is 1. The van der Waals surface area contributed by atoms with Gasteiger partial charge in [-0.2, -0.15) is 0 Å². The quantitative estimate of drug-likeness (QED) is 0.782. The van der Waals surface area contributed by atoms with Crippen LogP contribution in [0.5, 0.6) is 0 Å². The fourth-order valence-corrected chi connectivity index (χ4v) is 3.77. The van der Waals surface area contributed by atoms with Gasteiger partial charge in [0, 0.05) is 49.3 Å². The van der Waals surface area contributed by atoms with Crippen LogP contribution in [0.25, 0.3) is 6.08 Å². The van der Waals surface area contributed by atoms with Crippen molar-refractivity contribution in [1.82, 2.24) is 9.80 Å². The zero-order valence-electron chi connectivity index (χ0n) is 13.9. The first-order chi connectivity index (χ1) is 10.5. The number of piperazine rings is 1. The Balaban J connectivity index is 2.00. The van der Waals surface area contributed by atoms with E-state index < -0.39 is 0 Å². The maximum absolute atomic E-state index is 12.7. The van der Waals surface area contributed by atoms with Gasteiger partial charge in [-0.25, -0.2) is 0 Å². The summed E-state index contributed by atoms with van der Waals surface area (Å²) in [7, 11) is 1.73. The van der Waals surface area contributed by atoms with Crippen LogP contribution in [-0.2, 0) is 9.53 Å². The van der Waals surface area contributed by atoms with Crippen LogP contribution >= 0.6 is 11.3 Å². The first kappa shape index (κ1) is 17.2. The number of ether oxygens (including phenoxy) is 1. The van der Waals surface area contributed by atoms with E-state index in [1.807, 2.05) is 35.4 Å². The van der Waals surface area contributed by atoms with E-state index in [4.69, 9.17) is 4.74 Å². The van der Waals surface area contributed by atoms with E-state index >= 15 is 0 Å².